The van der Waals surface area contributed by atoms with E-state index in [1.807, 2.05) is 18.7 Å². The monoisotopic (exact) mass is 425 g/mol. The highest BCUT2D eigenvalue weighted by Gasteiger charge is 2.58. The third-order valence-electron chi connectivity index (χ3n) is 6.27. The van der Waals surface area contributed by atoms with E-state index in [0.717, 1.165) is 24.8 Å². The number of amides is 3. The van der Waals surface area contributed by atoms with Gasteiger partial charge in [0.25, 0.3) is 5.91 Å². The fourth-order valence-electron chi connectivity index (χ4n) is 4.69. The Morgan fingerprint density at radius 3 is 2.50 bits per heavy atom. The first-order chi connectivity index (χ1) is 14.2. The van der Waals surface area contributed by atoms with Crippen LogP contribution in [-0.4, -0.2) is 54.7 Å². The van der Waals surface area contributed by atoms with Crippen molar-refractivity contribution in [1.82, 2.24) is 15.1 Å². The molecule has 9 heteroatoms. The number of carbonyl (C=O) groups excluding carboxylic acids is 2. The molecule has 1 saturated heterocycles. The zero-order chi connectivity index (χ0) is 22.1. The number of carbonyl (C=O) groups is 2. The summed E-state index contributed by atoms with van der Waals surface area (Å²) in [6, 6.07) is 4.30. The molecule has 0 aromatic heterocycles. The van der Waals surface area contributed by atoms with E-state index in [-0.39, 0.29) is 41.9 Å². The van der Waals surface area contributed by atoms with Crippen LogP contribution in [0.15, 0.2) is 18.2 Å². The van der Waals surface area contributed by atoms with E-state index in [2.05, 4.69) is 10.1 Å². The zero-order valence-electron chi connectivity index (χ0n) is 17.8. The normalized spacial score (nSPS) is 26.6. The lowest BCUT2D eigenvalue weighted by Gasteiger charge is -2.42. The number of rotatable bonds is 7. The van der Waals surface area contributed by atoms with Crippen molar-refractivity contribution >= 4 is 11.9 Å². The molecule has 1 N–H and O–H groups in total. The summed E-state index contributed by atoms with van der Waals surface area (Å²) in [5.74, 6) is 0.145. The molecule has 1 heterocycles. The van der Waals surface area contributed by atoms with Crippen molar-refractivity contribution in [2.24, 2.45) is 11.8 Å². The number of imide groups is 1. The maximum absolute atomic E-state index is 13.3. The van der Waals surface area contributed by atoms with E-state index in [1.54, 1.807) is 19.2 Å². The Morgan fingerprint density at radius 2 is 1.90 bits per heavy atom. The number of alkyl halides is 2. The summed E-state index contributed by atoms with van der Waals surface area (Å²) in [5, 5.41) is 2.98. The molecule has 3 rings (SSSR count). The maximum atomic E-state index is 13.3. The van der Waals surface area contributed by atoms with Gasteiger partial charge in [-0.05, 0) is 49.4 Å². The highest BCUT2D eigenvalue weighted by molar-refractivity contribution is 6.07. The number of methoxy groups -OCH3 is 1. The van der Waals surface area contributed by atoms with E-state index < -0.39 is 12.2 Å². The van der Waals surface area contributed by atoms with Gasteiger partial charge >= 0.3 is 12.6 Å². The van der Waals surface area contributed by atoms with Gasteiger partial charge in [-0.2, -0.15) is 8.78 Å². The summed E-state index contributed by atoms with van der Waals surface area (Å²) in [6.07, 6.45) is 2.87. The average molecular weight is 425 g/mol. The molecule has 2 aliphatic rings. The molecule has 7 nitrogen and oxygen atoms in total. The highest BCUT2D eigenvalue weighted by Crippen LogP contribution is 2.42. The van der Waals surface area contributed by atoms with Crippen LogP contribution in [-0.2, 0) is 11.3 Å². The Hall–Kier alpha value is -2.42. The molecule has 1 aliphatic heterocycles. The van der Waals surface area contributed by atoms with Gasteiger partial charge < -0.3 is 14.8 Å². The number of benzene rings is 1. The van der Waals surface area contributed by atoms with Crippen LogP contribution in [0.1, 0.15) is 38.7 Å². The Bertz CT molecular complexity index is 794. The lowest BCUT2D eigenvalue weighted by molar-refractivity contribution is -0.137. The zero-order valence-corrected chi connectivity index (χ0v) is 17.8. The third kappa shape index (κ3) is 4.08. The Morgan fingerprint density at radius 1 is 1.23 bits per heavy atom. The van der Waals surface area contributed by atoms with Crippen LogP contribution in [0, 0.1) is 11.8 Å². The van der Waals surface area contributed by atoms with Crippen LogP contribution < -0.4 is 14.8 Å². The Balaban J connectivity index is 1.70. The van der Waals surface area contributed by atoms with Crippen molar-refractivity contribution in [3.63, 3.8) is 0 Å². The quantitative estimate of drug-likeness (QED) is 0.678. The van der Waals surface area contributed by atoms with Crippen molar-refractivity contribution in [3.8, 4) is 11.5 Å². The molecular formula is C21H29F2N3O4. The van der Waals surface area contributed by atoms with Crippen LogP contribution in [0.2, 0.25) is 0 Å². The average Bonchev–Trinajstić information content (AvgIpc) is 2.93. The molecule has 1 saturated carbocycles. The SMILES string of the molecule is COc1cc(CN(C)CN2C(=O)NC3(C2=O)[C@H](C)CCC[C@@H]3C)ccc1OC(F)F. The molecule has 166 valence electrons. The van der Waals surface area contributed by atoms with Crippen molar-refractivity contribution in [2.75, 3.05) is 20.8 Å². The van der Waals surface area contributed by atoms with Crippen LogP contribution >= 0.6 is 0 Å². The topological polar surface area (TPSA) is 71.1 Å². The number of urea groups is 1. The summed E-state index contributed by atoms with van der Waals surface area (Å²) in [7, 11) is 3.16. The van der Waals surface area contributed by atoms with Crippen LogP contribution in [0.4, 0.5) is 13.6 Å². The van der Waals surface area contributed by atoms with Crippen molar-refractivity contribution in [3.05, 3.63) is 23.8 Å². The molecule has 30 heavy (non-hydrogen) atoms. The van der Waals surface area contributed by atoms with Gasteiger partial charge in [-0.3, -0.25) is 9.69 Å². The van der Waals surface area contributed by atoms with Crippen molar-refractivity contribution in [2.45, 2.75) is 51.8 Å². The fraction of sp³-hybridized carbons (Fsp3) is 0.619. The van der Waals surface area contributed by atoms with Gasteiger partial charge in [0.05, 0.1) is 13.8 Å². The summed E-state index contributed by atoms with van der Waals surface area (Å²) in [4.78, 5) is 29.0. The predicted molar refractivity (Wildman–Crippen MR) is 106 cm³/mol. The molecule has 1 aromatic carbocycles. The first-order valence-corrected chi connectivity index (χ1v) is 10.1. The molecule has 1 unspecified atom stereocenters. The highest BCUT2D eigenvalue weighted by atomic mass is 19.3. The van der Waals surface area contributed by atoms with Crippen LogP contribution in [0.3, 0.4) is 0 Å². The molecule has 3 amide bonds. The second-order valence-electron chi connectivity index (χ2n) is 8.28. The number of nitrogens with one attached hydrogen (secondary N) is 1. The minimum atomic E-state index is -2.94. The van der Waals surface area contributed by atoms with Crippen molar-refractivity contribution < 1.29 is 27.8 Å². The summed E-state index contributed by atoms with van der Waals surface area (Å²) < 4.78 is 34.6. The van der Waals surface area contributed by atoms with E-state index in [9.17, 15) is 18.4 Å². The molecule has 2 fully saturated rings. The third-order valence-corrected chi connectivity index (χ3v) is 6.27. The van der Waals surface area contributed by atoms with Gasteiger partial charge in [-0.1, -0.05) is 26.3 Å². The number of nitrogens with zero attached hydrogens (tertiary/aromatic N) is 2. The lowest BCUT2D eigenvalue weighted by atomic mass is 9.67. The standard InChI is InChI=1S/C21H29F2N3O4/c1-13-6-5-7-14(2)21(13)18(27)26(20(28)24-21)12-25(3)11-15-8-9-16(30-19(22)23)17(10-15)29-4/h8-10,13-14,19H,5-7,11-12H2,1-4H3,(H,24,28)/t13-,14+,21?. The first kappa shape index (κ1) is 22.3. The second-order valence-corrected chi connectivity index (χ2v) is 8.28. The summed E-state index contributed by atoms with van der Waals surface area (Å²) in [5.41, 5.74) is -0.0506. The maximum Gasteiger partial charge on any atom is 0.387 e. The molecular weight excluding hydrogens is 396 g/mol. The van der Waals surface area contributed by atoms with Gasteiger partial charge in [0.2, 0.25) is 0 Å². The minimum absolute atomic E-state index is 0.0461. The van der Waals surface area contributed by atoms with Crippen LogP contribution in [0.25, 0.3) is 0 Å². The van der Waals surface area contributed by atoms with Gasteiger partial charge in [-0.25, -0.2) is 9.69 Å². The largest absolute Gasteiger partial charge is 0.493 e. The van der Waals surface area contributed by atoms with E-state index >= 15 is 0 Å². The first-order valence-electron chi connectivity index (χ1n) is 10.1. The summed E-state index contributed by atoms with van der Waals surface area (Å²) in [6.45, 7) is 1.63. The van der Waals surface area contributed by atoms with E-state index in [0.29, 0.717) is 6.54 Å². The molecule has 1 spiro atoms. The minimum Gasteiger partial charge on any atom is -0.493 e. The Kier molecular flexibility index (Phi) is 6.50. The summed E-state index contributed by atoms with van der Waals surface area (Å²) >= 11 is 0. The lowest BCUT2D eigenvalue weighted by Crippen LogP contribution is -2.59. The number of ether oxygens (including phenoxy) is 2. The van der Waals surface area contributed by atoms with Gasteiger partial charge in [-0.15, -0.1) is 0 Å². The number of hydrogen-bond donors (Lipinski definition) is 1. The molecule has 3 atom stereocenters. The van der Waals surface area contributed by atoms with Crippen molar-refractivity contribution in [1.29, 1.82) is 0 Å². The number of halogens is 2. The van der Waals surface area contributed by atoms with Gasteiger partial charge in [0.1, 0.15) is 5.54 Å². The van der Waals surface area contributed by atoms with Crippen LogP contribution in [0.5, 0.6) is 11.5 Å². The number of hydrogen-bond acceptors (Lipinski definition) is 5. The molecule has 1 aliphatic carbocycles. The molecule has 1 aromatic rings. The van der Waals surface area contributed by atoms with Gasteiger partial charge in [0.15, 0.2) is 11.5 Å². The fourth-order valence-corrected chi connectivity index (χ4v) is 4.69. The van der Waals surface area contributed by atoms with Gasteiger partial charge in [0, 0.05) is 6.54 Å². The van der Waals surface area contributed by atoms with E-state index in [1.165, 1.54) is 18.1 Å². The molecule has 0 radical (unpaired) electrons. The second kappa shape index (κ2) is 8.75. The Labute approximate surface area is 175 Å². The molecule has 0 bridgehead atoms. The van der Waals surface area contributed by atoms with E-state index in [4.69, 9.17) is 4.74 Å². The predicted octanol–water partition coefficient (Wildman–Crippen LogP) is 3.43. The smallest absolute Gasteiger partial charge is 0.387 e.